The third-order valence-electron chi connectivity index (χ3n) is 3.66. The Morgan fingerprint density at radius 3 is 2.58 bits per heavy atom. The van der Waals surface area contributed by atoms with Crippen molar-refractivity contribution in [3.05, 3.63) is 76.7 Å². The van der Waals surface area contributed by atoms with E-state index in [1.165, 1.54) is 11.8 Å². The van der Waals surface area contributed by atoms with Gasteiger partial charge in [-0.25, -0.2) is 0 Å². The molecule has 132 valence electrons. The minimum absolute atomic E-state index is 0.162. The Bertz CT molecular complexity index is 890. The Hall–Kier alpha value is -2.57. The molecular weight excluding hydrogens is 366 g/mol. The number of thioether (sulfide) groups is 1. The molecule has 26 heavy (non-hydrogen) atoms. The maximum atomic E-state index is 11.7. The molecule has 0 unspecified atom stereocenters. The molecule has 3 rings (SSSR count). The normalized spacial score (nSPS) is 15.5. The van der Waals surface area contributed by atoms with Crippen molar-refractivity contribution < 1.29 is 14.3 Å². The van der Waals surface area contributed by atoms with Crippen molar-refractivity contribution in [1.29, 1.82) is 0 Å². The van der Waals surface area contributed by atoms with E-state index in [1.54, 1.807) is 13.2 Å². The van der Waals surface area contributed by atoms with Crippen molar-refractivity contribution in [2.24, 2.45) is 0 Å². The maximum absolute atomic E-state index is 11.7. The predicted molar refractivity (Wildman–Crippen MR) is 109 cm³/mol. The third-order valence-corrected chi connectivity index (χ3v) is 4.84. The Kier molecular flexibility index (Phi) is 6.09. The quantitative estimate of drug-likeness (QED) is 0.595. The second-order valence-corrected chi connectivity index (χ2v) is 7.09. The molecule has 0 radical (unpaired) electrons. The highest BCUT2D eigenvalue weighted by Crippen LogP contribution is 2.25. The summed E-state index contributed by atoms with van der Waals surface area (Å²) in [5.74, 6) is 1.39. The number of carbonyl (C=O) groups excluding carboxylic acids is 1. The van der Waals surface area contributed by atoms with Gasteiger partial charge < -0.3 is 14.8 Å². The number of methoxy groups -OCH3 is 1. The number of ether oxygens (including phenoxy) is 2. The molecule has 1 saturated heterocycles. The standard InChI is InChI=1S/C20H17NO3S2/c1-23-16-10-4-3-8-15(16)13-24-17-11-5-2-7-14(17)9-6-12-18-19(22)21-20(25)26-18/h2-12H,13H2,1H3,(H,21,22,25)/b9-6+,18-12-. The number of benzene rings is 2. The number of nitrogens with one attached hydrogen (secondary N) is 1. The molecule has 6 heteroatoms. The molecule has 2 aromatic rings. The highest BCUT2D eigenvalue weighted by molar-refractivity contribution is 8.26. The molecule has 0 aromatic heterocycles. The van der Waals surface area contributed by atoms with E-state index >= 15 is 0 Å². The minimum Gasteiger partial charge on any atom is -0.496 e. The Balaban J connectivity index is 1.72. The van der Waals surface area contributed by atoms with E-state index in [0.717, 1.165) is 22.6 Å². The lowest BCUT2D eigenvalue weighted by Crippen LogP contribution is -2.17. The van der Waals surface area contributed by atoms with E-state index in [2.05, 4.69) is 5.32 Å². The van der Waals surface area contributed by atoms with Gasteiger partial charge in [-0.3, -0.25) is 4.79 Å². The predicted octanol–water partition coefficient (Wildman–Crippen LogP) is 4.32. The van der Waals surface area contributed by atoms with E-state index in [4.69, 9.17) is 21.7 Å². The summed E-state index contributed by atoms with van der Waals surface area (Å²) in [6, 6.07) is 15.5. The first-order valence-electron chi connectivity index (χ1n) is 7.92. The van der Waals surface area contributed by atoms with Crippen molar-refractivity contribution in [2.45, 2.75) is 6.61 Å². The lowest BCUT2D eigenvalue weighted by molar-refractivity contribution is -0.115. The summed E-state index contributed by atoms with van der Waals surface area (Å²) in [5, 5.41) is 2.59. The molecule has 1 amide bonds. The van der Waals surface area contributed by atoms with E-state index in [0.29, 0.717) is 15.8 Å². The van der Waals surface area contributed by atoms with Gasteiger partial charge >= 0.3 is 0 Å². The number of amides is 1. The molecule has 2 aromatic carbocycles. The van der Waals surface area contributed by atoms with Gasteiger partial charge in [-0.15, -0.1) is 0 Å². The number of para-hydroxylation sites is 2. The summed E-state index contributed by atoms with van der Waals surface area (Å²) < 4.78 is 11.8. The van der Waals surface area contributed by atoms with Crippen LogP contribution in [0.15, 0.2) is 65.6 Å². The molecule has 1 aliphatic rings. The summed E-state index contributed by atoms with van der Waals surface area (Å²) in [6.45, 7) is 0.405. The second-order valence-electron chi connectivity index (χ2n) is 5.37. The van der Waals surface area contributed by atoms with Gasteiger partial charge in [0.1, 0.15) is 22.4 Å². The van der Waals surface area contributed by atoms with Crippen LogP contribution in [-0.4, -0.2) is 17.3 Å². The van der Waals surface area contributed by atoms with Crippen molar-refractivity contribution >= 4 is 40.3 Å². The summed E-state index contributed by atoms with van der Waals surface area (Å²) in [4.78, 5) is 12.2. The molecule has 4 nitrogen and oxygen atoms in total. The van der Waals surface area contributed by atoms with E-state index in [9.17, 15) is 4.79 Å². The highest BCUT2D eigenvalue weighted by atomic mass is 32.2. The fourth-order valence-electron chi connectivity index (χ4n) is 2.40. The van der Waals surface area contributed by atoms with Gasteiger partial charge in [-0.1, -0.05) is 72.5 Å². The van der Waals surface area contributed by atoms with Crippen LogP contribution in [0.1, 0.15) is 11.1 Å². The van der Waals surface area contributed by atoms with Crippen LogP contribution in [-0.2, 0) is 11.4 Å². The minimum atomic E-state index is -0.162. The molecule has 1 fully saturated rings. The molecule has 0 atom stereocenters. The average molecular weight is 383 g/mol. The molecule has 1 heterocycles. The van der Waals surface area contributed by atoms with Crippen molar-refractivity contribution in [3.8, 4) is 11.5 Å². The third kappa shape index (κ3) is 4.53. The fourth-order valence-corrected chi connectivity index (χ4v) is 3.40. The van der Waals surface area contributed by atoms with Crippen molar-refractivity contribution in [2.75, 3.05) is 7.11 Å². The highest BCUT2D eigenvalue weighted by Gasteiger charge is 2.20. The zero-order chi connectivity index (χ0) is 18.4. The monoisotopic (exact) mass is 383 g/mol. The van der Waals surface area contributed by atoms with Crippen LogP contribution in [0.25, 0.3) is 6.08 Å². The van der Waals surface area contributed by atoms with E-state index in [1.807, 2.05) is 60.7 Å². The van der Waals surface area contributed by atoms with Gasteiger partial charge in [-0.05, 0) is 18.2 Å². The van der Waals surface area contributed by atoms with Gasteiger partial charge in [0.15, 0.2) is 0 Å². The summed E-state index contributed by atoms with van der Waals surface area (Å²) >= 11 is 6.24. The number of allylic oxidation sites excluding steroid dienone is 2. The first kappa shape index (κ1) is 18.2. The second kappa shape index (κ2) is 8.69. The Morgan fingerprint density at radius 1 is 1.12 bits per heavy atom. The number of thiocarbonyl (C=S) groups is 1. The van der Waals surface area contributed by atoms with Crippen LogP contribution in [0.2, 0.25) is 0 Å². The average Bonchev–Trinajstić information content (AvgIpc) is 2.98. The number of hydrogen-bond acceptors (Lipinski definition) is 5. The van der Waals surface area contributed by atoms with Crippen LogP contribution >= 0.6 is 24.0 Å². The van der Waals surface area contributed by atoms with Crippen LogP contribution in [0, 0.1) is 0 Å². The van der Waals surface area contributed by atoms with Crippen LogP contribution < -0.4 is 14.8 Å². The van der Waals surface area contributed by atoms with E-state index in [-0.39, 0.29) is 5.91 Å². The first-order chi connectivity index (χ1) is 12.7. The smallest absolute Gasteiger partial charge is 0.263 e. The van der Waals surface area contributed by atoms with Gasteiger partial charge in [0.2, 0.25) is 0 Å². The van der Waals surface area contributed by atoms with Crippen LogP contribution in [0.4, 0.5) is 0 Å². The molecule has 1 N–H and O–H groups in total. The summed E-state index contributed by atoms with van der Waals surface area (Å²) in [7, 11) is 1.64. The van der Waals surface area contributed by atoms with Gasteiger partial charge in [0.05, 0.1) is 12.0 Å². The zero-order valence-corrected chi connectivity index (χ0v) is 15.7. The largest absolute Gasteiger partial charge is 0.496 e. The van der Waals surface area contributed by atoms with Crippen LogP contribution in [0.5, 0.6) is 11.5 Å². The number of rotatable bonds is 6. The molecule has 0 bridgehead atoms. The molecule has 0 aliphatic carbocycles. The Morgan fingerprint density at radius 2 is 1.85 bits per heavy atom. The maximum Gasteiger partial charge on any atom is 0.263 e. The zero-order valence-electron chi connectivity index (χ0n) is 14.1. The van der Waals surface area contributed by atoms with Crippen LogP contribution in [0.3, 0.4) is 0 Å². The van der Waals surface area contributed by atoms with Gasteiger partial charge in [0, 0.05) is 11.1 Å². The molecular formula is C20H17NO3S2. The molecule has 0 saturated carbocycles. The van der Waals surface area contributed by atoms with E-state index < -0.39 is 0 Å². The Labute approximate surface area is 161 Å². The number of carbonyl (C=O) groups is 1. The topological polar surface area (TPSA) is 47.6 Å². The van der Waals surface area contributed by atoms with Crippen molar-refractivity contribution in [3.63, 3.8) is 0 Å². The lowest BCUT2D eigenvalue weighted by atomic mass is 10.1. The summed E-state index contributed by atoms with van der Waals surface area (Å²) in [5.41, 5.74) is 1.90. The fraction of sp³-hybridized carbons (Fsp3) is 0.100. The first-order valence-corrected chi connectivity index (χ1v) is 9.15. The van der Waals surface area contributed by atoms with Gasteiger partial charge in [0.25, 0.3) is 5.91 Å². The van der Waals surface area contributed by atoms with Gasteiger partial charge in [-0.2, -0.15) is 0 Å². The summed E-state index contributed by atoms with van der Waals surface area (Å²) in [6.07, 6.45) is 5.47. The molecule has 0 spiro atoms. The lowest BCUT2D eigenvalue weighted by Gasteiger charge is -2.11. The SMILES string of the molecule is COc1ccccc1COc1ccccc1/C=C/C=C1\SC(=S)NC1=O. The van der Waals surface area contributed by atoms with Crippen molar-refractivity contribution in [1.82, 2.24) is 5.32 Å². The number of hydrogen-bond donors (Lipinski definition) is 1. The molecule has 1 aliphatic heterocycles.